The van der Waals surface area contributed by atoms with Crippen molar-refractivity contribution in [3.63, 3.8) is 0 Å². The Kier molecular flexibility index (Phi) is 1.66. The van der Waals surface area contributed by atoms with Crippen molar-refractivity contribution in [2.75, 3.05) is 6.26 Å². The van der Waals surface area contributed by atoms with Crippen molar-refractivity contribution in [3.05, 3.63) is 18.1 Å². The third-order valence-corrected chi connectivity index (χ3v) is 3.30. The summed E-state index contributed by atoms with van der Waals surface area (Å²) in [7, 11) is -2.64. The Morgan fingerprint density at radius 3 is 2.85 bits per heavy atom. The zero-order valence-electron chi connectivity index (χ0n) is 6.93. The van der Waals surface area contributed by atoms with Crippen LogP contribution in [0, 0.1) is 0 Å². The molecule has 0 bridgehead atoms. The number of hydrogen-bond acceptors (Lipinski definition) is 4. The lowest BCUT2D eigenvalue weighted by Gasteiger charge is -2.11. The van der Waals surface area contributed by atoms with Gasteiger partial charge < -0.3 is 0 Å². The maximum atomic E-state index is 11.7. The van der Waals surface area contributed by atoms with Crippen LogP contribution < -0.4 is 0 Å². The van der Waals surface area contributed by atoms with Crippen molar-refractivity contribution in [2.45, 2.75) is 11.4 Å². The van der Waals surface area contributed by atoms with Crippen molar-refractivity contribution in [1.29, 1.82) is 0 Å². The number of fused-ring (bicyclic) bond motifs is 1. The molecule has 0 saturated carbocycles. The molecule has 5 nitrogen and oxygen atoms in total. The molecule has 0 N–H and O–H groups in total. The largest absolute Gasteiger partial charge is 0.271 e. The molecule has 2 heterocycles. The standard InChI is InChI=1S/C7H7N3O2S/c1-13(12)7-5(4-6(11)10-13)8-2-3-9-7/h2-3H,4H2,1H3. The predicted molar refractivity (Wildman–Crippen MR) is 45.5 cm³/mol. The number of hydrogen-bond donors (Lipinski definition) is 0. The lowest BCUT2D eigenvalue weighted by molar-refractivity contribution is -0.117. The van der Waals surface area contributed by atoms with E-state index in [2.05, 4.69) is 14.3 Å². The van der Waals surface area contributed by atoms with Gasteiger partial charge in [-0.05, 0) is 0 Å². The molecule has 2 rings (SSSR count). The number of nitrogens with zero attached hydrogens (tertiary/aromatic N) is 3. The fraction of sp³-hybridized carbons (Fsp3) is 0.286. The summed E-state index contributed by atoms with van der Waals surface area (Å²) in [5.41, 5.74) is 0.481. The first-order valence-corrected chi connectivity index (χ1v) is 5.57. The molecule has 68 valence electrons. The maximum absolute atomic E-state index is 11.7. The van der Waals surface area contributed by atoms with E-state index in [1.807, 2.05) is 0 Å². The second kappa shape index (κ2) is 2.59. The number of carbonyl (C=O) groups is 1. The molecular weight excluding hydrogens is 190 g/mol. The Morgan fingerprint density at radius 1 is 1.38 bits per heavy atom. The molecule has 0 aliphatic carbocycles. The van der Waals surface area contributed by atoms with Gasteiger partial charge in [-0.15, -0.1) is 0 Å². The number of carbonyl (C=O) groups excluding carboxylic acids is 1. The van der Waals surface area contributed by atoms with E-state index in [0.29, 0.717) is 10.7 Å². The van der Waals surface area contributed by atoms with E-state index in [-0.39, 0.29) is 12.3 Å². The van der Waals surface area contributed by atoms with E-state index in [1.54, 1.807) is 0 Å². The Morgan fingerprint density at radius 2 is 2.08 bits per heavy atom. The fourth-order valence-corrected chi connectivity index (χ4v) is 2.56. The van der Waals surface area contributed by atoms with Gasteiger partial charge in [0.2, 0.25) is 0 Å². The van der Waals surface area contributed by atoms with Crippen LogP contribution in [0.1, 0.15) is 5.69 Å². The topological polar surface area (TPSA) is 72.3 Å². The normalized spacial score (nSPS) is 26.4. The number of aromatic nitrogens is 2. The summed E-state index contributed by atoms with van der Waals surface area (Å²) in [6.07, 6.45) is 4.44. The van der Waals surface area contributed by atoms with Crippen LogP contribution in [-0.4, -0.2) is 26.3 Å². The molecule has 13 heavy (non-hydrogen) atoms. The lowest BCUT2D eigenvalue weighted by Crippen LogP contribution is -2.17. The minimum absolute atomic E-state index is 0.105. The van der Waals surface area contributed by atoms with E-state index in [0.717, 1.165) is 0 Å². The first-order valence-electron chi connectivity index (χ1n) is 3.64. The molecule has 1 atom stereocenters. The van der Waals surface area contributed by atoms with E-state index >= 15 is 0 Å². The minimum Gasteiger partial charge on any atom is -0.271 e. The van der Waals surface area contributed by atoms with Crippen LogP contribution >= 0.6 is 0 Å². The first kappa shape index (κ1) is 8.31. The molecule has 1 unspecified atom stereocenters. The summed E-state index contributed by atoms with van der Waals surface area (Å²) in [6, 6.07) is 0. The summed E-state index contributed by atoms with van der Waals surface area (Å²) in [5, 5.41) is 0.342. The van der Waals surface area contributed by atoms with Gasteiger partial charge >= 0.3 is 0 Å². The Balaban J connectivity index is 2.77. The molecule has 1 aliphatic heterocycles. The van der Waals surface area contributed by atoms with Crippen LogP contribution in [0.15, 0.2) is 21.8 Å². The lowest BCUT2D eigenvalue weighted by atomic mass is 10.3. The SMILES string of the molecule is CS1(=O)=NC(=O)Cc2nccnc21. The van der Waals surface area contributed by atoms with Gasteiger partial charge in [0.05, 0.1) is 21.8 Å². The maximum Gasteiger partial charge on any atom is 0.260 e. The smallest absolute Gasteiger partial charge is 0.260 e. The highest BCUT2D eigenvalue weighted by Gasteiger charge is 2.23. The van der Waals surface area contributed by atoms with E-state index in [1.165, 1.54) is 18.6 Å². The van der Waals surface area contributed by atoms with E-state index < -0.39 is 9.73 Å². The third-order valence-electron chi connectivity index (χ3n) is 1.69. The van der Waals surface area contributed by atoms with Gasteiger partial charge in [-0.3, -0.25) is 9.78 Å². The van der Waals surface area contributed by atoms with Crippen molar-refractivity contribution in [1.82, 2.24) is 9.97 Å². The molecule has 0 aromatic carbocycles. The van der Waals surface area contributed by atoms with Crippen LogP contribution in [0.25, 0.3) is 0 Å². The summed E-state index contributed by atoms with van der Waals surface area (Å²) in [6.45, 7) is 0. The zero-order valence-corrected chi connectivity index (χ0v) is 7.74. The van der Waals surface area contributed by atoms with Crippen LogP contribution in [0.2, 0.25) is 0 Å². The first-order chi connectivity index (χ1) is 6.09. The van der Waals surface area contributed by atoms with Crippen LogP contribution in [0.4, 0.5) is 0 Å². The molecule has 0 spiro atoms. The second-order valence-corrected chi connectivity index (χ2v) is 4.95. The van der Waals surface area contributed by atoms with Gasteiger partial charge in [0.25, 0.3) is 5.91 Å². The zero-order chi connectivity index (χ0) is 9.47. The second-order valence-electron chi connectivity index (χ2n) is 2.77. The quantitative estimate of drug-likeness (QED) is 0.587. The van der Waals surface area contributed by atoms with Crippen molar-refractivity contribution in [3.8, 4) is 0 Å². The van der Waals surface area contributed by atoms with Gasteiger partial charge in [0.15, 0.2) is 5.03 Å². The summed E-state index contributed by atoms with van der Waals surface area (Å²) >= 11 is 0. The highest BCUT2D eigenvalue weighted by molar-refractivity contribution is 7.93. The van der Waals surface area contributed by atoms with Crippen molar-refractivity contribution in [2.24, 2.45) is 4.36 Å². The van der Waals surface area contributed by atoms with Gasteiger partial charge in [-0.2, -0.15) is 4.36 Å². The van der Waals surface area contributed by atoms with E-state index in [9.17, 15) is 9.00 Å². The third kappa shape index (κ3) is 1.33. The van der Waals surface area contributed by atoms with Crippen LogP contribution in [0.5, 0.6) is 0 Å². The monoisotopic (exact) mass is 197 g/mol. The average molecular weight is 197 g/mol. The molecule has 1 amide bonds. The Bertz CT molecular complexity index is 488. The highest BCUT2D eigenvalue weighted by atomic mass is 32.2. The minimum atomic E-state index is -2.64. The summed E-state index contributed by atoms with van der Waals surface area (Å²) < 4.78 is 15.3. The molecule has 1 aromatic heterocycles. The summed E-state index contributed by atoms with van der Waals surface area (Å²) in [5.74, 6) is -0.388. The molecule has 1 aromatic rings. The molecule has 6 heteroatoms. The Labute approximate surface area is 75.4 Å². The van der Waals surface area contributed by atoms with Gasteiger partial charge in [0.1, 0.15) is 0 Å². The van der Waals surface area contributed by atoms with Crippen molar-refractivity contribution >= 4 is 15.6 Å². The molecule has 1 aliphatic rings. The predicted octanol–water partition coefficient (Wildman–Crippen LogP) is 0.0160. The number of amides is 1. The van der Waals surface area contributed by atoms with Crippen molar-refractivity contribution < 1.29 is 9.00 Å². The molecule has 0 fully saturated rings. The van der Waals surface area contributed by atoms with E-state index in [4.69, 9.17) is 0 Å². The average Bonchev–Trinajstić information content (AvgIpc) is 2.02. The number of rotatable bonds is 0. The van der Waals surface area contributed by atoms with Gasteiger partial charge in [0, 0.05) is 18.6 Å². The summed E-state index contributed by atoms with van der Waals surface area (Å²) in [4.78, 5) is 18.9. The molecule has 0 saturated heterocycles. The van der Waals surface area contributed by atoms with Gasteiger partial charge in [-0.25, -0.2) is 9.19 Å². The highest BCUT2D eigenvalue weighted by Crippen LogP contribution is 2.17. The molecule has 0 radical (unpaired) electrons. The van der Waals surface area contributed by atoms with Crippen LogP contribution in [-0.2, 0) is 20.9 Å². The van der Waals surface area contributed by atoms with Gasteiger partial charge in [-0.1, -0.05) is 0 Å². The molecular formula is C7H7N3O2S. The van der Waals surface area contributed by atoms with Crippen LogP contribution in [0.3, 0.4) is 0 Å². The fourth-order valence-electron chi connectivity index (χ4n) is 1.20. The Hall–Kier alpha value is -1.30.